The standard InChI is InChI=1S/C16H24ClNO2S/c1-3-13-4-8-15(9-5-13)18(2)21(19,20)16-10-6-14(12-17)7-11-16/h6-7,10-11,13,15H,3-5,8-9,12H2,1-2H3. The Morgan fingerprint density at radius 2 is 1.71 bits per heavy atom. The first kappa shape index (κ1) is 16.8. The highest BCUT2D eigenvalue weighted by Gasteiger charge is 2.30. The first-order chi connectivity index (χ1) is 9.98. The second-order valence-electron chi connectivity index (χ2n) is 5.88. The van der Waals surface area contributed by atoms with Crippen LogP contribution in [-0.4, -0.2) is 25.8 Å². The van der Waals surface area contributed by atoms with Gasteiger partial charge >= 0.3 is 0 Å². The van der Waals surface area contributed by atoms with Crippen LogP contribution in [0.3, 0.4) is 0 Å². The molecule has 0 aliphatic heterocycles. The van der Waals surface area contributed by atoms with Crippen molar-refractivity contribution in [1.82, 2.24) is 4.31 Å². The molecule has 0 radical (unpaired) electrons. The van der Waals surface area contributed by atoms with E-state index in [2.05, 4.69) is 6.92 Å². The number of rotatable bonds is 5. The minimum Gasteiger partial charge on any atom is -0.207 e. The SMILES string of the molecule is CCC1CCC(N(C)S(=O)(=O)c2ccc(CCl)cc2)CC1. The predicted molar refractivity (Wildman–Crippen MR) is 87.0 cm³/mol. The maximum absolute atomic E-state index is 12.7. The molecule has 0 bridgehead atoms. The lowest BCUT2D eigenvalue weighted by Crippen LogP contribution is -2.39. The summed E-state index contributed by atoms with van der Waals surface area (Å²) in [5.74, 6) is 1.16. The van der Waals surface area contributed by atoms with E-state index in [1.165, 1.54) is 6.42 Å². The summed E-state index contributed by atoms with van der Waals surface area (Å²) in [6, 6.07) is 7.00. The number of hydrogen-bond donors (Lipinski definition) is 0. The van der Waals surface area contributed by atoms with Crippen LogP contribution in [0.15, 0.2) is 29.2 Å². The molecule has 1 aliphatic rings. The van der Waals surface area contributed by atoms with Crippen LogP contribution in [0, 0.1) is 5.92 Å². The highest BCUT2D eigenvalue weighted by atomic mass is 35.5. The monoisotopic (exact) mass is 329 g/mol. The lowest BCUT2D eigenvalue weighted by Gasteiger charge is -2.33. The quantitative estimate of drug-likeness (QED) is 0.765. The number of nitrogens with zero attached hydrogens (tertiary/aromatic N) is 1. The average molecular weight is 330 g/mol. The van der Waals surface area contributed by atoms with E-state index in [9.17, 15) is 8.42 Å². The molecule has 118 valence electrons. The van der Waals surface area contributed by atoms with Crippen molar-refractivity contribution in [1.29, 1.82) is 0 Å². The molecule has 21 heavy (non-hydrogen) atoms. The molecule has 5 heteroatoms. The summed E-state index contributed by atoms with van der Waals surface area (Å²) in [5, 5.41) is 0. The Bertz CT molecular complexity index is 548. The summed E-state index contributed by atoms with van der Waals surface area (Å²) in [5.41, 5.74) is 0.932. The summed E-state index contributed by atoms with van der Waals surface area (Å²) in [6.07, 6.45) is 5.39. The zero-order chi connectivity index (χ0) is 15.5. The topological polar surface area (TPSA) is 37.4 Å². The molecule has 1 fully saturated rings. The van der Waals surface area contributed by atoms with E-state index >= 15 is 0 Å². The van der Waals surface area contributed by atoms with Crippen LogP contribution >= 0.6 is 11.6 Å². The fraction of sp³-hybridized carbons (Fsp3) is 0.625. The van der Waals surface area contributed by atoms with Gasteiger partial charge in [0.15, 0.2) is 0 Å². The molecule has 1 aliphatic carbocycles. The van der Waals surface area contributed by atoms with Gasteiger partial charge < -0.3 is 0 Å². The van der Waals surface area contributed by atoms with Crippen molar-refractivity contribution in [3.63, 3.8) is 0 Å². The van der Waals surface area contributed by atoms with Crippen molar-refractivity contribution in [3.05, 3.63) is 29.8 Å². The Kier molecular flexibility index (Phi) is 5.69. The van der Waals surface area contributed by atoms with Gasteiger partial charge in [0.1, 0.15) is 0 Å². The summed E-state index contributed by atoms with van der Waals surface area (Å²) in [7, 11) is -1.69. The van der Waals surface area contributed by atoms with Crippen molar-refractivity contribution < 1.29 is 8.42 Å². The number of halogens is 1. The first-order valence-corrected chi connectivity index (χ1v) is 9.59. The zero-order valence-electron chi connectivity index (χ0n) is 12.8. The van der Waals surface area contributed by atoms with Crippen molar-refractivity contribution in [3.8, 4) is 0 Å². The Morgan fingerprint density at radius 1 is 1.14 bits per heavy atom. The van der Waals surface area contributed by atoms with Crippen LogP contribution in [0.2, 0.25) is 0 Å². The van der Waals surface area contributed by atoms with E-state index in [0.717, 1.165) is 37.2 Å². The summed E-state index contributed by atoms with van der Waals surface area (Å²) >= 11 is 5.75. The zero-order valence-corrected chi connectivity index (χ0v) is 14.3. The molecule has 3 nitrogen and oxygen atoms in total. The Morgan fingerprint density at radius 3 is 2.19 bits per heavy atom. The highest BCUT2D eigenvalue weighted by molar-refractivity contribution is 7.89. The summed E-state index contributed by atoms with van der Waals surface area (Å²) < 4.78 is 26.9. The average Bonchev–Trinajstić information content (AvgIpc) is 2.54. The van der Waals surface area contributed by atoms with Gasteiger partial charge in [0.25, 0.3) is 0 Å². The maximum Gasteiger partial charge on any atom is 0.243 e. The van der Waals surface area contributed by atoms with Gasteiger partial charge in [0, 0.05) is 19.0 Å². The smallest absolute Gasteiger partial charge is 0.207 e. The second kappa shape index (κ2) is 7.12. The van der Waals surface area contributed by atoms with Gasteiger partial charge in [-0.3, -0.25) is 0 Å². The van der Waals surface area contributed by atoms with Crippen molar-refractivity contribution >= 4 is 21.6 Å². The van der Waals surface area contributed by atoms with Crippen molar-refractivity contribution in [2.75, 3.05) is 7.05 Å². The second-order valence-corrected chi connectivity index (χ2v) is 8.15. The van der Waals surface area contributed by atoms with Gasteiger partial charge in [-0.2, -0.15) is 4.31 Å². The molecule has 1 aromatic carbocycles. The molecule has 1 aromatic rings. The van der Waals surface area contributed by atoms with Crippen LogP contribution in [-0.2, 0) is 15.9 Å². The lowest BCUT2D eigenvalue weighted by molar-refractivity contribution is 0.233. The summed E-state index contributed by atoms with van der Waals surface area (Å²) in [4.78, 5) is 0.358. The molecule has 1 saturated carbocycles. The number of sulfonamides is 1. The summed E-state index contributed by atoms with van der Waals surface area (Å²) in [6.45, 7) is 2.21. The van der Waals surface area contributed by atoms with E-state index in [0.29, 0.717) is 10.8 Å². The molecular weight excluding hydrogens is 306 g/mol. The predicted octanol–water partition coefficient (Wildman–Crippen LogP) is 4.01. The Hall–Kier alpha value is -0.580. The van der Waals surface area contributed by atoms with E-state index in [1.807, 2.05) is 0 Å². The third kappa shape index (κ3) is 3.79. The van der Waals surface area contributed by atoms with E-state index < -0.39 is 10.0 Å². The molecule has 0 N–H and O–H groups in total. The first-order valence-electron chi connectivity index (χ1n) is 7.62. The molecule has 0 saturated heterocycles. The van der Waals surface area contributed by atoms with E-state index in [4.69, 9.17) is 11.6 Å². The van der Waals surface area contributed by atoms with Gasteiger partial charge in [-0.25, -0.2) is 8.42 Å². The number of alkyl halides is 1. The van der Waals surface area contributed by atoms with Crippen LogP contribution in [0.25, 0.3) is 0 Å². The van der Waals surface area contributed by atoms with E-state index in [1.54, 1.807) is 35.6 Å². The van der Waals surface area contributed by atoms with E-state index in [-0.39, 0.29) is 6.04 Å². The largest absolute Gasteiger partial charge is 0.243 e. The van der Waals surface area contributed by atoms with Crippen LogP contribution in [0.5, 0.6) is 0 Å². The van der Waals surface area contributed by atoms with Crippen LogP contribution < -0.4 is 0 Å². The maximum atomic E-state index is 12.7. The van der Waals surface area contributed by atoms with Gasteiger partial charge in [-0.15, -0.1) is 11.6 Å². The van der Waals surface area contributed by atoms with Gasteiger partial charge in [-0.1, -0.05) is 25.5 Å². The van der Waals surface area contributed by atoms with Gasteiger partial charge in [-0.05, 0) is 49.3 Å². The third-order valence-corrected chi connectivity index (χ3v) is 6.90. The highest BCUT2D eigenvalue weighted by Crippen LogP contribution is 2.31. The van der Waals surface area contributed by atoms with Gasteiger partial charge in [0.05, 0.1) is 4.90 Å². The molecule has 0 atom stereocenters. The molecule has 2 rings (SSSR count). The lowest BCUT2D eigenvalue weighted by atomic mass is 9.85. The number of hydrogen-bond acceptors (Lipinski definition) is 2. The fourth-order valence-corrected chi connectivity index (χ4v) is 4.62. The van der Waals surface area contributed by atoms with Crippen LogP contribution in [0.1, 0.15) is 44.6 Å². The van der Waals surface area contributed by atoms with Crippen LogP contribution in [0.4, 0.5) is 0 Å². The normalized spacial score (nSPS) is 23.4. The molecule has 0 amide bonds. The molecule has 0 spiro atoms. The molecule has 0 aromatic heterocycles. The molecular formula is C16H24ClNO2S. The third-order valence-electron chi connectivity index (χ3n) is 4.66. The minimum absolute atomic E-state index is 0.130. The van der Waals surface area contributed by atoms with Crippen molar-refractivity contribution in [2.24, 2.45) is 5.92 Å². The Labute approximate surface area is 133 Å². The van der Waals surface area contributed by atoms with Crippen molar-refractivity contribution in [2.45, 2.75) is 55.8 Å². The molecule has 0 heterocycles. The van der Waals surface area contributed by atoms with Gasteiger partial charge in [0.2, 0.25) is 10.0 Å². The fourth-order valence-electron chi connectivity index (χ4n) is 3.03. The minimum atomic E-state index is -3.40. The molecule has 0 unspecified atom stereocenters. The number of benzene rings is 1. The Balaban J connectivity index is 2.11.